The van der Waals surface area contributed by atoms with E-state index in [4.69, 9.17) is 4.98 Å². The minimum atomic E-state index is 0.0820. The largest absolute Gasteiger partial charge is 0.360 e. The van der Waals surface area contributed by atoms with Crippen molar-refractivity contribution in [3.8, 4) is 0 Å². The van der Waals surface area contributed by atoms with E-state index >= 15 is 0 Å². The van der Waals surface area contributed by atoms with Crippen molar-refractivity contribution in [3.05, 3.63) is 65.3 Å². The van der Waals surface area contributed by atoms with Crippen LogP contribution in [0.5, 0.6) is 0 Å². The van der Waals surface area contributed by atoms with Crippen LogP contribution in [0.3, 0.4) is 0 Å². The highest BCUT2D eigenvalue weighted by Crippen LogP contribution is 2.37. The first-order chi connectivity index (χ1) is 12.3. The summed E-state index contributed by atoms with van der Waals surface area (Å²) in [5.74, 6) is 0.0965. The quantitative estimate of drug-likeness (QED) is 0.568. The molecule has 4 aromatic rings. The number of aromatic nitrogens is 2. The molecule has 1 saturated heterocycles. The molecule has 5 rings (SSSR count). The Hall–Kier alpha value is -2.66. The summed E-state index contributed by atoms with van der Waals surface area (Å²) in [6.07, 6.45) is 3.84. The van der Waals surface area contributed by atoms with Gasteiger partial charge in [0.15, 0.2) is 0 Å². The Labute approximate surface area is 149 Å². The first-order valence-electron chi connectivity index (χ1n) is 8.54. The van der Waals surface area contributed by atoms with Gasteiger partial charge in [-0.1, -0.05) is 30.3 Å². The Morgan fingerprint density at radius 3 is 2.92 bits per heavy atom. The second-order valence-corrected chi connectivity index (χ2v) is 7.49. The van der Waals surface area contributed by atoms with Crippen LogP contribution < -0.4 is 0 Å². The number of fused-ring (bicyclic) bond motifs is 2. The molecule has 0 saturated carbocycles. The van der Waals surface area contributed by atoms with Crippen molar-refractivity contribution in [2.24, 2.45) is 0 Å². The molecule has 25 heavy (non-hydrogen) atoms. The molecular weight excluding hydrogens is 330 g/mol. The third-order valence-electron chi connectivity index (χ3n) is 4.93. The van der Waals surface area contributed by atoms with Gasteiger partial charge in [-0.2, -0.15) is 0 Å². The van der Waals surface area contributed by atoms with Crippen molar-refractivity contribution in [3.63, 3.8) is 0 Å². The topological polar surface area (TPSA) is 49.0 Å². The van der Waals surface area contributed by atoms with Gasteiger partial charge in [0.2, 0.25) is 0 Å². The van der Waals surface area contributed by atoms with Crippen LogP contribution in [0.2, 0.25) is 0 Å². The van der Waals surface area contributed by atoms with Gasteiger partial charge in [0.1, 0.15) is 5.01 Å². The van der Waals surface area contributed by atoms with Crippen molar-refractivity contribution >= 4 is 38.4 Å². The standard InChI is InChI=1S/C20H17N3OS/c24-20(14-12-21-15-7-2-1-6-13(14)15)23-11-5-9-17(23)19-22-16-8-3-4-10-18(16)25-19/h1-4,6-8,10,12,17,21H,5,9,11H2/t17-/m0/s1. The average Bonchev–Trinajstić information content (AvgIpc) is 3.37. The second-order valence-electron chi connectivity index (χ2n) is 6.42. The summed E-state index contributed by atoms with van der Waals surface area (Å²) in [6, 6.07) is 16.2. The summed E-state index contributed by atoms with van der Waals surface area (Å²) >= 11 is 1.70. The Bertz CT molecular complexity index is 1050. The fourth-order valence-electron chi connectivity index (χ4n) is 3.70. The molecule has 1 aliphatic heterocycles. The van der Waals surface area contributed by atoms with Gasteiger partial charge in [0, 0.05) is 23.6 Å². The monoisotopic (exact) mass is 347 g/mol. The normalized spacial score (nSPS) is 17.6. The van der Waals surface area contributed by atoms with Crippen LogP contribution in [-0.2, 0) is 0 Å². The van der Waals surface area contributed by atoms with Gasteiger partial charge in [-0.05, 0) is 31.0 Å². The van der Waals surface area contributed by atoms with Gasteiger partial charge in [0.25, 0.3) is 5.91 Å². The van der Waals surface area contributed by atoms with E-state index in [1.165, 1.54) is 4.70 Å². The third-order valence-corrected chi connectivity index (χ3v) is 6.07. The molecular formula is C20H17N3OS. The van der Waals surface area contributed by atoms with Crippen molar-refractivity contribution in [1.82, 2.24) is 14.9 Å². The van der Waals surface area contributed by atoms with Gasteiger partial charge < -0.3 is 9.88 Å². The summed E-state index contributed by atoms with van der Waals surface area (Å²) in [7, 11) is 0. The van der Waals surface area contributed by atoms with E-state index in [1.54, 1.807) is 11.3 Å². The molecule has 1 amide bonds. The van der Waals surface area contributed by atoms with Crippen LogP contribution in [0.1, 0.15) is 34.2 Å². The number of aromatic amines is 1. The molecule has 1 N–H and O–H groups in total. The van der Waals surface area contributed by atoms with Crippen LogP contribution in [0, 0.1) is 0 Å². The Morgan fingerprint density at radius 2 is 2.00 bits per heavy atom. The molecule has 2 aromatic heterocycles. The number of benzene rings is 2. The molecule has 3 heterocycles. The zero-order valence-electron chi connectivity index (χ0n) is 13.6. The lowest BCUT2D eigenvalue weighted by molar-refractivity contribution is 0.0737. The van der Waals surface area contributed by atoms with E-state index in [0.717, 1.165) is 46.4 Å². The molecule has 1 fully saturated rings. The number of nitrogens with zero attached hydrogens (tertiary/aromatic N) is 2. The van der Waals surface area contributed by atoms with Crippen LogP contribution in [0.4, 0.5) is 0 Å². The smallest absolute Gasteiger partial charge is 0.256 e. The Balaban J connectivity index is 1.53. The highest BCUT2D eigenvalue weighted by Gasteiger charge is 2.33. The zero-order valence-corrected chi connectivity index (χ0v) is 14.4. The molecule has 0 bridgehead atoms. The molecule has 0 unspecified atom stereocenters. The Morgan fingerprint density at radius 1 is 1.16 bits per heavy atom. The van der Waals surface area contributed by atoms with Gasteiger partial charge in [-0.15, -0.1) is 11.3 Å². The molecule has 0 aliphatic carbocycles. The number of thiazole rings is 1. The molecule has 0 radical (unpaired) electrons. The lowest BCUT2D eigenvalue weighted by Gasteiger charge is -2.22. The number of carbonyl (C=O) groups excluding carboxylic acids is 1. The first kappa shape index (κ1) is 14.7. The SMILES string of the molecule is O=C(c1c[nH]c2ccccc12)N1CCC[C@H]1c1nc2ccccc2s1. The van der Waals surface area contributed by atoms with Crippen molar-refractivity contribution in [2.75, 3.05) is 6.54 Å². The maximum absolute atomic E-state index is 13.2. The van der Waals surface area contributed by atoms with Crippen molar-refractivity contribution in [2.45, 2.75) is 18.9 Å². The number of hydrogen-bond acceptors (Lipinski definition) is 3. The summed E-state index contributed by atoms with van der Waals surface area (Å²) in [5, 5.41) is 2.04. The molecule has 2 aromatic carbocycles. The fraction of sp³-hybridized carbons (Fsp3) is 0.200. The predicted molar refractivity (Wildman–Crippen MR) is 101 cm³/mol. The number of nitrogens with one attached hydrogen (secondary N) is 1. The number of para-hydroxylation sites is 2. The molecule has 1 atom stereocenters. The molecule has 5 heteroatoms. The molecule has 4 nitrogen and oxygen atoms in total. The number of amides is 1. The van der Waals surface area contributed by atoms with E-state index < -0.39 is 0 Å². The second kappa shape index (κ2) is 5.70. The van der Waals surface area contributed by atoms with Crippen molar-refractivity contribution < 1.29 is 4.79 Å². The zero-order chi connectivity index (χ0) is 16.8. The highest BCUT2D eigenvalue weighted by molar-refractivity contribution is 7.18. The number of hydrogen-bond donors (Lipinski definition) is 1. The van der Waals surface area contributed by atoms with Gasteiger partial charge in [0.05, 0.1) is 21.8 Å². The molecule has 0 spiro atoms. The third kappa shape index (κ3) is 2.35. The van der Waals surface area contributed by atoms with Gasteiger partial charge in [-0.3, -0.25) is 4.79 Å². The Kier molecular flexibility index (Phi) is 3.35. The highest BCUT2D eigenvalue weighted by atomic mass is 32.1. The first-order valence-corrected chi connectivity index (χ1v) is 9.35. The summed E-state index contributed by atoms with van der Waals surface area (Å²) in [5.41, 5.74) is 2.78. The van der Waals surface area contributed by atoms with Crippen LogP contribution >= 0.6 is 11.3 Å². The maximum Gasteiger partial charge on any atom is 0.256 e. The lowest BCUT2D eigenvalue weighted by Crippen LogP contribution is -2.30. The van der Waals surface area contributed by atoms with E-state index in [-0.39, 0.29) is 11.9 Å². The summed E-state index contributed by atoms with van der Waals surface area (Å²) < 4.78 is 1.18. The maximum atomic E-state index is 13.2. The van der Waals surface area contributed by atoms with Crippen LogP contribution in [-0.4, -0.2) is 27.3 Å². The number of rotatable bonds is 2. The van der Waals surface area contributed by atoms with Crippen LogP contribution in [0.25, 0.3) is 21.1 Å². The summed E-state index contributed by atoms with van der Waals surface area (Å²) in [6.45, 7) is 0.791. The van der Waals surface area contributed by atoms with E-state index in [2.05, 4.69) is 11.1 Å². The predicted octanol–water partition coefficient (Wildman–Crippen LogP) is 4.75. The number of H-pyrrole nitrogens is 1. The van der Waals surface area contributed by atoms with Crippen molar-refractivity contribution in [1.29, 1.82) is 0 Å². The lowest BCUT2D eigenvalue weighted by atomic mass is 10.1. The molecule has 1 aliphatic rings. The summed E-state index contributed by atoms with van der Waals surface area (Å²) in [4.78, 5) is 23.2. The van der Waals surface area contributed by atoms with E-state index in [1.807, 2.05) is 53.6 Å². The van der Waals surface area contributed by atoms with E-state index in [0.29, 0.717) is 0 Å². The van der Waals surface area contributed by atoms with E-state index in [9.17, 15) is 4.79 Å². The van der Waals surface area contributed by atoms with Gasteiger partial charge in [-0.25, -0.2) is 4.98 Å². The minimum absolute atomic E-state index is 0.0820. The number of carbonyl (C=O) groups is 1. The average molecular weight is 347 g/mol. The molecule has 124 valence electrons. The fourth-order valence-corrected chi connectivity index (χ4v) is 4.82. The number of likely N-dealkylation sites (tertiary alicyclic amines) is 1. The van der Waals surface area contributed by atoms with Gasteiger partial charge >= 0.3 is 0 Å². The van der Waals surface area contributed by atoms with Crippen LogP contribution in [0.15, 0.2) is 54.7 Å². The minimum Gasteiger partial charge on any atom is -0.360 e.